The molecule has 2 amide bonds. The number of amides is 2. The first-order valence-corrected chi connectivity index (χ1v) is 8.99. The fourth-order valence-electron chi connectivity index (χ4n) is 3.22. The Labute approximate surface area is 152 Å². The molecule has 144 valence electrons. The van der Waals surface area contributed by atoms with Crippen LogP contribution >= 0.6 is 0 Å². The lowest BCUT2D eigenvalue weighted by Crippen LogP contribution is -2.41. The Morgan fingerprint density at radius 1 is 1.31 bits per heavy atom. The summed E-state index contributed by atoms with van der Waals surface area (Å²) < 4.78 is 11.1. The predicted molar refractivity (Wildman–Crippen MR) is 91.6 cm³/mol. The third-order valence-corrected chi connectivity index (χ3v) is 4.62. The third kappa shape index (κ3) is 4.14. The van der Waals surface area contributed by atoms with Crippen LogP contribution in [0.3, 0.4) is 0 Å². The van der Waals surface area contributed by atoms with Crippen molar-refractivity contribution in [3.8, 4) is 0 Å². The Balaban J connectivity index is 1.57. The van der Waals surface area contributed by atoms with Gasteiger partial charge in [-0.05, 0) is 33.6 Å². The molecule has 0 spiro atoms. The zero-order valence-electron chi connectivity index (χ0n) is 15.5. The Kier molecular flexibility index (Phi) is 5.17. The van der Waals surface area contributed by atoms with Crippen molar-refractivity contribution in [1.29, 1.82) is 0 Å². The van der Waals surface area contributed by atoms with Gasteiger partial charge in [-0.3, -0.25) is 9.69 Å². The molecule has 1 atom stereocenters. The Morgan fingerprint density at radius 2 is 2.00 bits per heavy atom. The van der Waals surface area contributed by atoms with E-state index in [1.165, 1.54) is 4.90 Å². The SMILES string of the molecule is CC(C)(C)OC(=O)N1CCC(c2nnc(N3CC(CO)CC3=O)o2)CC1. The fourth-order valence-corrected chi connectivity index (χ4v) is 3.22. The molecule has 0 aliphatic carbocycles. The largest absolute Gasteiger partial charge is 0.444 e. The molecule has 2 fully saturated rings. The summed E-state index contributed by atoms with van der Waals surface area (Å²) in [5.41, 5.74) is -0.510. The maximum atomic E-state index is 12.1. The van der Waals surface area contributed by atoms with Gasteiger partial charge < -0.3 is 19.2 Å². The van der Waals surface area contributed by atoms with Gasteiger partial charge in [0.1, 0.15) is 5.60 Å². The number of anilines is 1. The number of hydrogen-bond donors (Lipinski definition) is 1. The van der Waals surface area contributed by atoms with E-state index >= 15 is 0 Å². The lowest BCUT2D eigenvalue weighted by atomic mass is 9.97. The van der Waals surface area contributed by atoms with E-state index in [4.69, 9.17) is 9.15 Å². The number of carbonyl (C=O) groups excluding carboxylic acids is 2. The van der Waals surface area contributed by atoms with Gasteiger partial charge in [-0.2, -0.15) is 0 Å². The molecular weight excluding hydrogens is 340 g/mol. The van der Waals surface area contributed by atoms with Crippen LogP contribution in [0.5, 0.6) is 0 Å². The maximum absolute atomic E-state index is 12.1. The minimum Gasteiger partial charge on any atom is -0.444 e. The van der Waals surface area contributed by atoms with Crippen molar-refractivity contribution in [2.24, 2.45) is 5.92 Å². The van der Waals surface area contributed by atoms with Gasteiger partial charge in [-0.15, -0.1) is 5.10 Å². The summed E-state index contributed by atoms with van der Waals surface area (Å²) in [5, 5.41) is 17.3. The summed E-state index contributed by atoms with van der Waals surface area (Å²) >= 11 is 0. The summed E-state index contributed by atoms with van der Waals surface area (Å²) in [7, 11) is 0. The van der Waals surface area contributed by atoms with Crippen LogP contribution < -0.4 is 4.90 Å². The van der Waals surface area contributed by atoms with Crippen molar-refractivity contribution in [2.45, 2.75) is 51.6 Å². The van der Waals surface area contributed by atoms with Crippen molar-refractivity contribution in [3.63, 3.8) is 0 Å². The van der Waals surface area contributed by atoms with Crippen LogP contribution in [0.2, 0.25) is 0 Å². The Hall–Kier alpha value is -2.16. The molecule has 0 radical (unpaired) electrons. The molecule has 0 aromatic carbocycles. The van der Waals surface area contributed by atoms with E-state index in [1.807, 2.05) is 20.8 Å². The molecule has 2 aliphatic heterocycles. The number of aliphatic hydroxyl groups excluding tert-OH is 1. The smallest absolute Gasteiger partial charge is 0.410 e. The van der Waals surface area contributed by atoms with Gasteiger partial charge in [0.25, 0.3) is 0 Å². The van der Waals surface area contributed by atoms with Crippen LogP contribution in [-0.4, -0.2) is 64.0 Å². The van der Waals surface area contributed by atoms with Crippen LogP contribution in [0.4, 0.5) is 10.8 Å². The molecule has 0 saturated carbocycles. The molecule has 2 saturated heterocycles. The highest BCUT2D eigenvalue weighted by molar-refractivity contribution is 5.93. The molecule has 9 nitrogen and oxygen atoms in total. The fraction of sp³-hybridized carbons (Fsp3) is 0.765. The first-order chi connectivity index (χ1) is 12.3. The van der Waals surface area contributed by atoms with Crippen LogP contribution in [0.15, 0.2) is 4.42 Å². The Bertz CT molecular complexity index is 660. The van der Waals surface area contributed by atoms with Crippen molar-refractivity contribution in [1.82, 2.24) is 15.1 Å². The normalized spacial score (nSPS) is 22.2. The second-order valence-electron chi connectivity index (χ2n) is 7.92. The summed E-state index contributed by atoms with van der Waals surface area (Å²) in [5.74, 6) is 0.347. The van der Waals surface area contributed by atoms with E-state index in [-0.39, 0.29) is 36.5 Å². The average Bonchev–Trinajstić information content (AvgIpc) is 3.19. The maximum Gasteiger partial charge on any atom is 0.410 e. The van der Waals surface area contributed by atoms with Crippen LogP contribution in [0.1, 0.15) is 51.8 Å². The third-order valence-electron chi connectivity index (χ3n) is 4.62. The highest BCUT2D eigenvalue weighted by Crippen LogP contribution is 2.31. The highest BCUT2D eigenvalue weighted by Gasteiger charge is 2.35. The number of likely N-dealkylation sites (tertiary alicyclic amines) is 1. The second kappa shape index (κ2) is 7.22. The molecule has 26 heavy (non-hydrogen) atoms. The molecule has 1 unspecified atom stereocenters. The molecule has 2 aliphatic rings. The molecular formula is C17H26N4O5. The number of ether oxygens (including phenoxy) is 1. The van der Waals surface area contributed by atoms with E-state index in [1.54, 1.807) is 4.90 Å². The van der Waals surface area contributed by atoms with E-state index < -0.39 is 5.60 Å². The summed E-state index contributed by atoms with van der Waals surface area (Å²) in [6.07, 6.45) is 1.39. The molecule has 3 rings (SSSR count). The minimum atomic E-state index is -0.510. The van der Waals surface area contributed by atoms with Gasteiger partial charge in [0.05, 0.1) is 0 Å². The predicted octanol–water partition coefficient (Wildman–Crippen LogP) is 1.53. The number of rotatable bonds is 3. The number of aromatic nitrogens is 2. The molecule has 9 heteroatoms. The number of aliphatic hydroxyl groups is 1. The van der Waals surface area contributed by atoms with Gasteiger partial charge in [0.2, 0.25) is 11.8 Å². The standard InChI is InChI=1S/C17H26N4O5/c1-17(2,3)26-16(24)20-6-4-12(5-7-20)14-18-19-15(25-14)21-9-11(10-22)8-13(21)23/h11-12,22H,4-10H2,1-3H3. The monoisotopic (exact) mass is 366 g/mol. The van der Waals surface area contributed by atoms with E-state index in [2.05, 4.69) is 10.2 Å². The summed E-state index contributed by atoms with van der Waals surface area (Å²) in [4.78, 5) is 27.2. The van der Waals surface area contributed by atoms with Gasteiger partial charge >= 0.3 is 12.1 Å². The minimum absolute atomic E-state index is 0.0354. The van der Waals surface area contributed by atoms with Gasteiger partial charge in [-0.25, -0.2) is 4.79 Å². The molecule has 1 N–H and O–H groups in total. The van der Waals surface area contributed by atoms with E-state index in [0.29, 0.717) is 44.8 Å². The number of carbonyl (C=O) groups is 2. The quantitative estimate of drug-likeness (QED) is 0.864. The molecule has 3 heterocycles. The van der Waals surface area contributed by atoms with Crippen molar-refractivity contribution < 1.29 is 23.8 Å². The zero-order valence-corrected chi connectivity index (χ0v) is 15.5. The molecule has 1 aromatic rings. The van der Waals surface area contributed by atoms with Crippen LogP contribution in [-0.2, 0) is 9.53 Å². The summed E-state index contributed by atoms with van der Waals surface area (Å²) in [6, 6.07) is 0.190. The molecule has 0 bridgehead atoms. The van der Waals surface area contributed by atoms with Crippen LogP contribution in [0, 0.1) is 5.92 Å². The van der Waals surface area contributed by atoms with Gasteiger partial charge in [0.15, 0.2) is 0 Å². The number of piperidine rings is 1. The lowest BCUT2D eigenvalue weighted by Gasteiger charge is -2.32. The Morgan fingerprint density at radius 3 is 2.58 bits per heavy atom. The van der Waals surface area contributed by atoms with Crippen molar-refractivity contribution in [3.05, 3.63) is 5.89 Å². The van der Waals surface area contributed by atoms with Gasteiger partial charge in [0, 0.05) is 44.5 Å². The second-order valence-corrected chi connectivity index (χ2v) is 7.92. The van der Waals surface area contributed by atoms with Crippen molar-refractivity contribution >= 4 is 18.0 Å². The zero-order chi connectivity index (χ0) is 18.9. The molecule has 1 aromatic heterocycles. The first-order valence-electron chi connectivity index (χ1n) is 8.99. The van der Waals surface area contributed by atoms with Crippen LogP contribution in [0.25, 0.3) is 0 Å². The summed E-state index contributed by atoms with van der Waals surface area (Å²) in [6.45, 7) is 7.02. The lowest BCUT2D eigenvalue weighted by molar-refractivity contribution is -0.117. The first kappa shape index (κ1) is 18.6. The number of hydrogen-bond acceptors (Lipinski definition) is 7. The average molecular weight is 366 g/mol. The number of nitrogens with zero attached hydrogens (tertiary/aromatic N) is 4. The van der Waals surface area contributed by atoms with E-state index in [9.17, 15) is 14.7 Å². The van der Waals surface area contributed by atoms with E-state index in [0.717, 1.165) is 0 Å². The van der Waals surface area contributed by atoms with Gasteiger partial charge in [-0.1, -0.05) is 5.10 Å². The topological polar surface area (TPSA) is 109 Å². The highest BCUT2D eigenvalue weighted by atomic mass is 16.6. The van der Waals surface area contributed by atoms with Crippen molar-refractivity contribution in [2.75, 3.05) is 31.1 Å².